The van der Waals surface area contributed by atoms with Crippen LogP contribution < -0.4 is 5.73 Å². The first kappa shape index (κ1) is 12.9. The fraction of sp³-hybridized carbons (Fsp3) is 0.462. The summed E-state index contributed by atoms with van der Waals surface area (Å²) < 4.78 is 39.2. The van der Waals surface area contributed by atoms with Gasteiger partial charge in [-0.2, -0.15) is 0 Å². The smallest absolute Gasteiger partial charge is 0.248 e. The molecule has 0 radical (unpaired) electrons. The van der Waals surface area contributed by atoms with Crippen molar-refractivity contribution in [3.63, 3.8) is 0 Å². The summed E-state index contributed by atoms with van der Waals surface area (Å²) in [5.74, 6) is -4.03. The number of carbonyl (C=O) groups excluding carboxylic acids is 1. The molecule has 2 rings (SSSR count). The zero-order valence-corrected chi connectivity index (χ0v) is 9.76. The highest BCUT2D eigenvalue weighted by Gasteiger charge is 2.37. The van der Waals surface area contributed by atoms with Gasteiger partial charge in [0.1, 0.15) is 5.82 Å². The van der Waals surface area contributed by atoms with E-state index in [2.05, 4.69) is 0 Å². The number of rotatable bonds is 2. The Labute approximate surface area is 103 Å². The minimum absolute atomic E-state index is 0.0262. The van der Waals surface area contributed by atoms with Gasteiger partial charge in [0.2, 0.25) is 5.92 Å². The van der Waals surface area contributed by atoms with Crippen LogP contribution in [0.3, 0.4) is 0 Å². The third kappa shape index (κ3) is 2.66. The predicted molar refractivity (Wildman–Crippen MR) is 62.0 cm³/mol. The van der Waals surface area contributed by atoms with Crippen LogP contribution in [0.15, 0.2) is 18.2 Å². The van der Waals surface area contributed by atoms with E-state index in [1.807, 2.05) is 0 Å². The van der Waals surface area contributed by atoms with Crippen LogP contribution in [0.4, 0.5) is 18.9 Å². The molecular formula is C13H14F3NO. The maximum absolute atomic E-state index is 13.2. The van der Waals surface area contributed by atoms with Gasteiger partial charge in [-0.25, -0.2) is 13.2 Å². The van der Waals surface area contributed by atoms with Crippen molar-refractivity contribution in [2.75, 3.05) is 5.73 Å². The number of alkyl halides is 2. The lowest BCUT2D eigenvalue weighted by atomic mass is 9.82. The van der Waals surface area contributed by atoms with Crippen molar-refractivity contribution in [2.45, 2.75) is 31.6 Å². The standard InChI is InChI=1S/C13H14F3NO/c14-10-7-9(1-2-11(10)17)12(18)8-3-5-13(15,16)6-4-8/h1-2,7-8H,3-6,17H2. The third-order valence-electron chi connectivity index (χ3n) is 3.37. The molecule has 1 aliphatic rings. The van der Waals surface area contributed by atoms with Crippen LogP contribution >= 0.6 is 0 Å². The van der Waals surface area contributed by atoms with Crippen LogP contribution in [-0.2, 0) is 0 Å². The average molecular weight is 257 g/mol. The van der Waals surface area contributed by atoms with Gasteiger partial charge in [0.25, 0.3) is 0 Å². The molecule has 0 saturated heterocycles. The Morgan fingerprint density at radius 1 is 1.28 bits per heavy atom. The largest absolute Gasteiger partial charge is 0.396 e. The van der Waals surface area contributed by atoms with Crippen molar-refractivity contribution in [2.24, 2.45) is 5.92 Å². The molecule has 18 heavy (non-hydrogen) atoms. The van der Waals surface area contributed by atoms with Gasteiger partial charge in [0.05, 0.1) is 5.69 Å². The minimum atomic E-state index is -2.66. The van der Waals surface area contributed by atoms with E-state index < -0.39 is 17.7 Å². The molecule has 1 aromatic carbocycles. The Morgan fingerprint density at radius 3 is 2.44 bits per heavy atom. The van der Waals surface area contributed by atoms with Crippen LogP contribution in [0.2, 0.25) is 0 Å². The molecule has 0 bridgehead atoms. The molecule has 0 heterocycles. The number of Topliss-reactive ketones (excluding diaryl/α,β-unsaturated/α-hetero) is 1. The first-order valence-electron chi connectivity index (χ1n) is 5.86. The van der Waals surface area contributed by atoms with Crippen molar-refractivity contribution in [1.82, 2.24) is 0 Å². The average Bonchev–Trinajstić information content (AvgIpc) is 2.32. The highest BCUT2D eigenvalue weighted by atomic mass is 19.3. The molecule has 0 unspecified atom stereocenters. The second kappa shape index (κ2) is 4.63. The molecule has 2 nitrogen and oxygen atoms in total. The van der Waals surface area contributed by atoms with Gasteiger partial charge in [0, 0.05) is 24.3 Å². The van der Waals surface area contributed by atoms with Gasteiger partial charge in [-0.15, -0.1) is 0 Å². The number of halogens is 3. The first-order valence-corrected chi connectivity index (χ1v) is 5.86. The highest BCUT2D eigenvalue weighted by Crippen LogP contribution is 2.37. The summed E-state index contributed by atoms with van der Waals surface area (Å²) in [6.07, 6.45) is -0.253. The number of hydrogen-bond acceptors (Lipinski definition) is 2. The highest BCUT2D eigenvalue weighted by molar-refractivity contribution is 5.98. The molecule has 0 spiro atoms. The Kier molecular flexibility index (Phi) is 3.32. The molecule has 1 saturated carbocycles. The van der Waals surface area contributed by atoms with E-state index in [0.29, 0.717) is 0 Å². The number of ketones is 1. The predicted octanol–water partition coefficient (Wildman–Crippen LogP) is 3.42. The second-order valence-electron chi connectivity index (χ2n) is 4.73. The van der Waals surface area contributed by atoms with Crippen LogP contribution in [0, 0.1) is 11.7 Å². The number of hydrogen-bond donors (Lipinski definition) is 1. The lowest BCUT2D eigenvalue weighted by Gasteiger charge is -2.27. The zero-order chi connectivity index (χ0) is 13.3. The van der Waals surface area contributed by atoms with Crippen molar-refractivity contribution >= 4 is 11.5 Å². The summed E-state index contributed by atoms with van der Waals surface area (Å²) in [4.78, 5) is 12.0. The van der Waals surface area contributed by atoms with Gasteiger partial charge in [-0.05, 0) is 31.0 Å². The number of nitrogens with two attached hydrogens (primary N) is 1. The van der Waals surface area contributed by atoms with E-state index in [9.17, 15) is 18.0 Å². The van der Waals surface area contributed by atoms with Gasteiger partial charge < -0.3 is 5.73 Å². The third-order valence-corrected chi connectivity index (χ3v) is 3.37. The zero-order valence-electron chi connectivity index (χ0n) is 9.76. The van der Waals surface area contributed by atoms with E-state index in [0.717, 1.165) is 6.07 Å². The van der Waals surface area contributed by atoms with Gasteiger partial charge in [-0.3, -0.25) is 4.79 Å². The SMILES string of the molecule is Nc1ccc(C(=O)C2CCC(F)(F)CC2)cc1F. The Morgan fingerprint density at radius 2 is 1.89 bits per heavy atom. The lowest BCUT2D eigenvalue weighted by molar-refractivity contribution is -0.0424. The number of carbonyl (C=O) groups is 1. The van der Waals surface area contributed by atoms with Crippen LogP contribution in [0.5, 0.6) is 0 Å². The number of nitrogen functional groups attached to an aromatic ring is 1. The Balaban J connectivity index is 2.10. The maximum atomic E-state index is 13.2. The lowest BCUT2D eigenvalue weighted by Crippen LogP contribution is -2.28. The van der Waals surface area contributed by atoms with E-state index in [1.165, 1.54) is 12.1 Å². The van der Waals surface area contributed by atoms with Gasteiger partial charge in [0.15, 0.2) is 5.78 Å². The molecule has 2 N–H and O–H groups in total. The first-order chi connectivity index (χ1) is 8.39. The minimum Gasteiger partial charge on any atom is -0.396 e. The monoisotopic (exact) mass is 257 g/mol. The van der Waals surface area contributed by atoms with Crippen LogP contribution in [0.1, 0.15) is 36.0 Å². The maximum Gasteiger partial charge on any atom is 0.248 e. The topological polar surface area (TPSA) is 43.1 Å². The summed E-state index contributed by atoms with van der Waals surface area (Å²) in [7, 11) is 0. The number of benzene rings is 1. The summed E-state index contributed by atoms with van der Waals surface area (Å²) in [6.45, 7) is 0. The normalized spacial score (nSPS) is 19.7. The summed E-state index contributed by atoms with van der Waals surface area (Å²) >= 11 is 0. The molecule has 0 aliphatic heterocycles. The van der Waals surface area contributed by atoms with Crippen LogP contribution in [0.25, 0.3) is 0 Å². The fourth-order valence-electron chi connectivity index (χ4n) is 2.22. The van der Waals surface area contributed by atoms with E-state index in [1.54, 1.807) is 0 Å². The fourth-order valence-corrected chi connectivity index (χ4v) is 2.22. The van der Waals surface area contributed by atoms with E-state index >= 15 is 0 Å². The van der Waals surface area contributed by atoms with Crippen molar-refractivity contribution in [3.8, 4) is 0 Å². The summed E-state index contributed by atoms with van der Waals surface area (Å²) in [6, 6.07) is 3.83. The molecule has 98 valence electrons. The molecule has 0 aromatic heterocycles. The van der Waals surface area contributed by atoms with Crippen molar-refractivity contribution in [1.29, 1.82) is 0 Å². The van der Waals surface area contributed by atoms with Gasteiger partial charge >= 0.3 is 0 Å². The summed E-state index contributed by atoms with van der Waals surface area (Å²) in [5.41, 5.74) is 5.50. The van der Waals surface area contributed by atoms with Crippen LogP contribution in [-0.4, -0.2) is 11.7 Å². The molecule has 1 aliphatic carbocycles. The molecule has 0 atom stereocenters. The molecule has 0 amide bonds. The quantitative estimate of drug-likeness (QED) is 0.651. The Bertz CT molecular complexity index is 463. The van der Waals surface area contributed by atoms with E-state index in [-0.39, 0.29) is 42.7 Å². The van der Waals surface area contributed by atoms with Crippen molar-refractivity contribution in [3.05, 3.63) is 29.6 Å². The van der Waals surface area contributed by atoms with E-state index in [4.69, 9.17) is 5.73 Å². The Hall–Kier alpha value is -1.52. The molecule has 1 fully saturated rings. The van der Waals surface area contributed by atoms with Crippen molar-refractivity contribution < 1.29 is 18.0 Å². The molecular weight excluding hydrogens is 243 g/mol. The summed E-state index contributed by atoms with van der Waals surface area (Å²) in [5, 5.41) is 0. The molecule has 1 aromatic rings. The van der Waals surface area contributed by atoms with Gasteiger partial charge in [-0.1, -0.05) is 0 Å². The molecule has 5 heteroatoms. The number of anilines is 1. The second-order valence-corrected chi connectivity index (χ2v) is 4.73.